The molecule has 3 aromatic heterocycles. The zero-order valence-electron chi connectivity index (χ0n) is 21.3. The maximum Gasteiger partial charge on any atom is 0.416 e. The normalized spacial score (nSPS) is 16.2. The summed E-state index contributed by atoms with van der Waals surface area (Å²) in [5, 5.41) is 5.75. The summed E-state index contributed by atoms with van der Waals surface area (Å²) in [6.07, 6.45) is -1.31. The van der Waals surface area contributed by atoms with Crippen LogP contribution in [0.3, 0.4) is 0 Å². The van der Waals surface area contributed by atoms with Crippen molar-refractivity contribution in [3.8, 4) is 22.4 Å². The Morgan fingerprint density at radius 3 is 2.49 bits per heavy atom. The first-order chi connectivity index (χ1) is 17.3. The van der Waals surface area contributed by atoms with Crippen molar-refractivity contribution in [2.45, 2.75) is 65.5 Å². The fourth-order valence-electron chi connectivity index (χ4n) is 4.77. The predicted molar refractivity (Wildman–Crippen MR) is 134 cm³/mol. The molecule has 37 heavy (non-hydrogen) atoms. The van der Waals surface area contributed by atoms with Gasteiger partial charge in [0.05, 0.1) is 30.4 Å². The minimum atomic E-state index is -4.43. The van der Waals surface area contributed by atoms with Crippen LogP contribution in [0.4, 0.5) is 18.0 Å². The Morgan fingerprint density at radius 2 is 1.84 bits per heavy atom. The number of benzene rings is 1. The van der Waals surface area contributed by atoms with Gasteiger partial charge in [0.15, 0.2) is 0 Å². The molecule has 0 spiro atoms. The van der Waals surface area contributed by atoms with Crippen LogP contribution >= 0.6 is 0 Å². The van der Waals surface area contributed by atoms with Crippen LogP contribution < -0.4 is 0 Å². The van der Waals surface area contributed by atoms with Crippen LogP contribution in [0.5, 0.6) is 0 Å². The Kier molecular flexibility index (Phi) is 5.80. The number of aryl methyl sites for hydroxylation is 1. The largest absolute Gasteiger partial charge is 0.444 e. The number of hydrogen-bond donors (Lipinski definition) is 1. The summed E-state index contributed by atoms with van der Waals surface area (Å²) in [5.41, 5.74) is 3.79. The number of ether oxygens (including phenoxy) is 1. The number of halogens is 3. The second-order valence-electron chi connectivity index (χ2n) is 10.4. The summed E-state index contributed by atoms with van der Waals surface area (Å²) in [6, 6.07) is 6.70. The van der Waals surface area contributed by atoms with E-state index in [1.165, 1.54) is 12.1 Å². The summed E-state index contributed by atoms with van der Waals surface area (Å²) in [7, 11) is 0. The van der Waals surface area contributed by atoms with Gasteiger partial charge < -0.3 is 9.72 Å². The van der Waals surface area contributed by atoms with E-state index in [4.69, 9.17) is 9.84 Å². The molecular weight excluding hydrogens is 483 g/mol. The molecule has 1 atom stereocenters. The first-order valence-electron chi connectivity index (χ1n) is 12.0. The van der Waals surface area contributed by atoms with Gasteiger partial charge in [0.2, 0.25) is 0 Å². The monoisotopic (exact) mass is 511 g/mol. The Bertz CT molecular complexity index is 1480. The van der Waals surface area contributed by atoms with Gasteiger partial charge in [0.1, 0.15) is 16.9 Å². The number of aromatic nitrogens is 4. The first-order valence-corrected chi connectivity index (χ1v) is 12.0. The molecule has 0 saturated heterocycles. The fraction of sp³-hybridized carbons (Fsp3) is 0.370. The lowest BCUT2D eigenvalue weighted by Crippen LogP contribution is -2.47. The lowest BCUT2D eigenvalue weighted by molar-refractivity contribution is -0.137. The van der Waals surface area contributed by atoms with Crippen LogP contribution in [0.2, 0.25) is 0 Å². The molecule has 1 aliphatic rings. The molecule has 1 N–H and O–H groups in total. The quantitative estimate of drug-likeness (QED) is 0.331. The Hall–Kier alpha value is -3.82. The number of fused-ring (bicyclic) bond motifs is 2. The van der Waals surface area contributed by atoms with Crippen molar-refractivity contribution in [3.05, 3.63) is 59.5 Å². The summed E-state index contributed by atoms with van der Waals surface area (Å²) in [5.74, 6) is 0. The maximum atomic E-state index is 13.2. The standard InChI is InChI=1S/C27H28F3N5O2/c1-15-12-32-24-21(15)19(10-11-31-24)22-20-14-34(25(36)37-26(3,4)5)16(2)13-35(20)33-23(22)17-6-8-18(9-7-17)27(28,29)30/h6-12,16H,13-14H2,1-5H3,(H,31,32)/t16-/m0/s1. The van der Waals surface area contributed by atoms with Crippen molar-refractivity contribution in [2.75, 3.05) is 0 Å². The highest BCUT2D eigenvalue weighted by Crippen LogP contribution is 2.41. The fourth-order valence-corrected chi connectivity index (χ4v) is 4.77. The van der Waals surface area contributed by atoms with E-state index in [0.717, 1.165) is 39.9 Å². The number of hydrogen-bond acceptors (Lipinski definition) is 4. The molecule has 4 heterocycles. The highest BCUT2D eigenvalue weighted by atomic mass is 19.4. The van der Waals surface area contributed by atoms with Crippen LogP contribution in [0.15, 0.2) is 42.7 Å². The number of carbonyl (C=O) groups excluding carboxylic acids is 1. The van der Waals surface area contributed by atoms with Crippen LogP contribution in [0, 0.1) is 6.92 Å². The third-order valence-electron chi connectivity index (χ3n) is 6.50. The van der Waals surface area contributed by atoms with E-state index in [0.29, 0.717) is 23.4 Å². The molecular formula is C27H28F3N5O2. The van der Waals surface area contributed by atoms with Crippen LogP contribution in [0.25, 0.3) is 33.4 Å². The maximum absolute atomic E-state index is 13.2. The Morgan fingerprint density at radius 1 is 1.14 bits per heavy atom. The predicted octanol–water partition coefficient (Wildman–Crippen LogP) is 6.56. The Labute approximate surface area is 212 Å². The van der Waals surface area contributed by atoms with Crippen molar-refractivity contribution in [1.82, 2.24) is 24.6 Å². The van der Waals surface area contributed by atoms with Gasteiger partial charge in [-0.2, -0.15) is 18.3 Å². The zero-order chi connectivity index (χ0) is 26.7. The first kappa shape index (κ1) is 24.9. The third-order valence-corrected chi connectivity index (χ3v) is 6.50. The number of amides is 1. The van der Waals surface area contributed by atoms with E-state index in [1.54, 1.807) is 11.1 Å². The smallest absolute Gasteiger partial charge is 0.416 e. The summed E-state index contributed by atoms with van der Waals surface area (Å²) in [6.45, 7) is 10.0. The number of H-pyrrole nitrogens is 1. The van der Waals surface area contributed by atoms with Gasteiger partial charge in [-0.3, -0.25) is 9.58 Å². The van der Waals surface area contributed by atoms with E-state index in [1.807, 2.05) is 51.6 Å². The van der Waals surface area contributed by atoms with Crippen LogP contribution in [-0.4, -0.2) is 42.4 Å². The van der Waals surface area contributed by atoms with Gasteiger partial charge in [-0.15, -0.1) is 0 Å². The molecule has 5 rings (SSSR count). The summed E-state index contributed by atoms with van der Waals surface area (Å²) < 4.78 is 47.2. The minimum Gasteiger partial charge on any atom is -0.444 e. The van der Waals surface area contributed by atoms with Crippen LogP contribution in [0.1, 0.15) is 44.5 Å². The molecule has 1 aromatic carbocycles. The molecule has 194 valence electrons. The topological polar surface area (TPSA) is 76.0 Å². The van der Waals surface area contributed by atoms with Gasteiger partial charge in [0.25, 0.3) is 0 Å². The van der Waals surface area contributed by atoms with Gasteiger partial charge >= 0.3 is 12.3 Å². The molecule has 1 amide bonds. The average molecular weight is 512 g/mol. The van der Waals surface area contributed by atoms with Crippen molar-refractivity contribution >= 4 is 17.1 Å². The molecule has 10 heteroatoms. The lowest BCUT2D eigenvalue weighted by Gasteiger charge is -2.35. The van der Waals surface area contributed by atoms with Crippen molar-refractivity contribution in [1.29, 1.82) is 0 Å². The van der Waals surface area contributed by atoms with E-state index in [9.17, 15) is 18.0 Å². The molecule has 0 aliphatic carbocycles. The van der Waals surface area contributed by atoms with E-state index in [2.05, 4.69) is 9.97 Å². The van der Waals surface area contributed by atoms with E-state index in [-0.39, 0.29) is 12.6 Å². The second-order valence-corrected chi connectivity index (χ2v) is 10.4. The molecule has 7 nitrogen and oxygen atoms in total. The SMILES string of the molecule is Cc1c[nH]c2nccc(-c3c(-c4ccc(C(F)(F)F)cc4)nn4c3CN(C(=O)OC(C)(C)C)[C@@H](C)C4)c12. The number of nitrogens with zero attached hydrogens (tertiary/aromatic N) is 4. The molecule has 0 bridgehead atoms. The van der Waals surface area contributed by atoms with Gasteiger partial charge in [0, 0.05) is 28.9 Å². The highest BCUT2D eigenvalue weighted by Gasteiger charge is 2.35. The zero-order valence-corrected chi connectivity index (χ0v) is 21.3. The number of aromatic amines is 1. The second kappa shape index (κ2) is 8.64. The van der Waals surface area contributed by atoms with E-state index < -0.39 is 23.4 Å². The lowest BCUT2D eigenvalue weighted by atomic mass is 9.95. The highest BCUT2D eigenvalue weighted by molar-refractivity contribution is 6.00. The minimum absolute atomic E-state index is 0.193. The van der Waals surface area contributed by atoms with Gasteiger partial charge in [-0.05, 0) is 63.9 Å². The van der Waals surface area contributed by atoms with Gasteiger partial charge in [-0.1, -0.05) is 12.1 Å². The van der Waals surface area contributed by atoms with Crippen molar-refractivity contribution in [3.63, 3.8) is 0 Å². The molecule has 0 unspecified atom stereocenters. The van der Waals surface area contributed by atoms with Crippen molar-refractivity contribution < 1.29 is 22.7 Å². The van der Waals surface area contributed by atoms with Crippen LogP contribution in [-0.2, 0) is 24.0 Å². The molecule has 0 fully saturated rings. The summed E-state index contributed by atoms with van der Waals surface area (Å²) >= 11 is 0. The van der Waals surface area contributed by atoms with E-state index >= 15 is 0 Å². The summed E-state index contributed by atoms with van der Waals surface area (Å²) in [4.78, 5) is 22.3. The third kappa shape index (κ3) is 4.56. The number of nitrogens with one attached hydrogen (secondary N) is 1. The molecule has 0 saturated carbocycles. The number of alkyl halides is 3. The average Bonchev–Trinajstić information content (AvgIpc) is 3.37. The molecule has 1 aliphatic heterocycles. The van der Waals surface area contributed by atoms with Crippen molar-refractivity contribution in [2.24, 2.45) is 0 Å². The van der Waals surface area contributed by atoms with Gasteiger partial charge in [-0.25, -0.2) is 9.78 Å². The number of carbonyl (C=O) groups is 1. The number of pyridine rings is 1. The Balaban J connectivity index is 1.69. The number of rotatable bonds is 2. The molecule has 0 radical (unpaired) electrons. The molecule has 4 aromatic rings.